The van der Waals surface area contributed by atoms with Crippen LogP contribution in [-0.2, 0) is 23.9 Å². The number of benzene rings is 1. The fraction of sp³-hybridized carbons (Fsp3) is 0.514. The van der Waals surface area contributed by atoms with Gasteiger partial charge < -0.3 is 29.7 Å². The van der Waals surface area contributed by atoms with Gasteiger partial charge in [-0.25, -0.2) is 19.6 Å². The predicted octanol–water partition coefficient (Wildman–Crippen LogP) is 5.56. The SMILES string of the molecule is CCOC(=O)[C@@]12C[C@H]1C=CCCCCC[C@H](NC(=O)OC(C)(C)C)C(=O)N1CC(Oc3nc4ccccc4nc3-c3cccs3)C[C@H]1C(=O)N2. The molecule has 1 unspecified atom stereocenters. The van der Waals surface area contributed by atoms with E-state index in [1.54, 1.807) is 27.7 Å². The minimum atomic E-state index is -1.21. The van der Waals surface area contributed by atoms with Gasteiger partial charge in [0.25, 0.3) is 0 Å². The van der Waals surface area contributed by atoms with Crippen molar-refractivity contribution in [1.82, 2.24) is 25.5 Å². The zero-order valence-corrected chi connectivity index (χ0v) is 29.8. The van der Waals surface area contributed by atoms with Crippen LogP contribution in [0.3, 0.4) is 0 Å². The lowest BCUT2D eigenvalue weighted by atomic mass is 10.0. The molecule has 6 rings (SSSR count). The minimum absolute atomic E-state index is 0.0531. The number of alkyl carbamates (subject to hydrolysis) is 1. The molecule has 2 fully saturated rings. The van der Waals surface area contributed by atoms with Crippen molar-refractivity contribution in [1.29, 1.82) is 0 Å². The Morgan fingerprint density at radius 1 is 1.08 bits per heavy atom. The first-order chi connectivity index (χ1) is 24.0. The van der Waals surface area contributed by atoms with Crippen molar-refractivity contribution in [2.75, 3.05) is 13.2 Å². The second-order valence-corrected chi connectivity index (χ2v) is 15.0. The molecule has 2 aromatic heterocycles. The fourth-order valence-corrected chi connectivity index (χ4v) is 7.35. The molecule has 0 bridgehead atoms. The molecule has 1 aromatic carbocycles. The molecule has 0 radical (unpaired) electrons. The third-order valence-electron chi connectivity index (χ3n) is 9.14. The number of amides is 3. The zero-order chi connectivity index (χ0) is 35.5. The van der Waals surface area contributed by atoms with E-state index in [1.807, 2.05) is 53.9 Å². The number of hydrogen-bond acceptors (Lipinski definition) is 10. The molecule has 2 aliphatic heterocycles. The number of ether oxygens (including phenoxy) is 3. The van der Waals surface area contributed by atoms with E-state index >= 15 is 0 Å². The van der Waals surface area contributed by atoms with Gasteiger partial charge in [0.15, 0.2) is 0 Å². The third-order valence-corrected chi connectivity index (χ3v) is 10.0. The molecule has 266 valence electrons. The number of nitrogens with zero attached hydrogens (tertiary/aromatic N) is 3. The number of aromatic nitrogens is 2. The van der Waals surface area contributed by atoms with Crippen molar-refractivity contribution >= 4 is 46.2 Å². The number of carbonyl (C=O) groups is 4. The molecular formula is C37H45N5O7S. The summed E-state index contributed by atoms with van der Waals surface area (Å²) in [4.78, 5) is 66.9. The number of fused-ring (bicyclic) bond motifs is 3. The number of hydrogen-bond donors (Lipinski definition) is 2. The normalized spacial score (nSPS) is 25.8. The Hall–Kier alpha value is -4.52. The van der Waals surface area contributed by atoms with Crippen LogP contribution >= 0.6 is 11.3 Å². The summed E-state index contributed by atoms with van der Waals surface area (Å²) in [5, 5.41) is 7.72. The van der Waals surface area contributed by atoms with Crippen LogP contribution in [-0.4, -0.2) is 81.2 Å². The Morgan fingerprint density at radius 3 is 2.58 bits per heavy atom. The number of para-hydroxylation sites is 2. The van der Waals surface area contributed by atoms with Gasteiger partial charge in [0.2, 0.25) is 17.7 Å². The van der Waals surface area contributed by atoms with Gasteiger partial charge in [-0.05, 0) is 77.0 Å². The van der Waals surface area contributed by atoms with Crippen molar-refractivity contribution < 1.29 is 33.4 Å². The second-order valence-electron chi connectivity index (χ2n) is 14.1. The van der Waals surface area contributed by atoms with Crippen LogP contribution in [0.25, 0.3) is 21.6 Å². The highest BCUT2D eigenvalue weighted by Gasteiger charge is 2.62. The second kappa shape index (κ2) is 14.8. The fourth-order valence-electron chi connectivity index (χ4n) is 6.64. The Balaban J connectivity index is 1.33. The van der Waals surface area contributed by atoms with Gasteiger partial charge >= 0.3 is 12.1 Å². The molecule has 1 aliphatic carbocycles. The van der Waals surface area contributed by atoms with Crippen molar-refractivity contribution in [2.24, 2.45) is 5.92 Å². The standard InChI is InChI=1S/C37H45N5O7S/c1-5-47-34(45)37-21-23(37)14-9-7-6-8-10-17-27(40-35(46)49-36(2,3)4)33(44)42-22-24(20-28(42)31(43)41-37)48-32-30(29-18-13-19-50-29)38-25-15-11-12-16-26(25)39-32/h9,11-16,18-19,23-24,27-28H,5-8,10,17,20-22H2,1-4H3,(H,40,46)(H,41,43)/t23-,24?,27+,28+,37-/m1/s1. The summed E-state index contributed by atoms with van der Waals surface area (Å²) < 4.78 is 17.5. The van der Waals surface area contributed by atoms with Crippen LogP contribution in [0.5, 0.6) is 5.88 Å². The van der Waals surface area contributed by atoms with E-state index in [-0.39, 0.29) is 25.5 Å². The van der Waals surface area contributed by atoms with E-state index in [0.717, 1.165) is 24.1 Å². The molecule has 50 heavy (non-hydrogen) atoms. The smallest absolute Gasteiger partial charge is 0.408 e. The summed E-state index contributed by atoms with van der Waals surface area (Å²) in [6, 6.07) is 9.44. The van der Waals surface area contributed by atoms with Crippen molar-refractivity contribution in [3.8, 4) is 16.5 Å². The highest BCUT2D eigenvalue weighted by molar-refractivity contribution is 7.13. The van der Waals surface area contributed by atoms with E-state index in [2.05, 4.69) is 10.6 Å². The van der Waals surface area contributed by atoms with Crippen molar-refractivity contribution in [3.05, 3.63) is 53.9 Å². The van der Waals surface area contributed by atoms with Gasteiger partial charge in [-0.3, -0.25) is 9.59 Å². The lowest BCUT2D eigenvalue weighted by Crippen LogP contribution is -2.56. The molecule has 4 heterocycles. The van der Waals surface area contributed by atoms with Crippen LogP contribution in [0.4, 0.5) is 4.79 Å². The average molecular weight is 704 g/mol. The first-order valence-corrected chi connectivity index (χ1v) is 18.3. The molecular weight excluding hydrogens is 659 g/mol. The molecule has 12 nitrogen and oxygen atoms in total. The number of nitrogens with one attached hydrogen (secondary N) is 2. The lowest BCUT2D eigenvalue weighted by Gasteiger charge is -2.30. The van der Waals surface area contributed by atoms with Gasteiger partial charge in [-0.2, -0.15) is 0 Å². The molecule has 1 saturated heterocycles. The van der Waals surface area contributed by atoms with Crippen molar-refractivity contribution in [3.63, 3.8) is 0 Å². The maximum atomic E-state index is 14.4. The maximum Gasteiger partial charge on any atom is 0.408 e. The van der Waals surface area contributed by atoms with Crippen LogP contribution in [0.15, 0.2) is 53.9 Å². The predicted molar refractivity (Wildman–Crippen MR) is 188 cm³/mol. The number of carbonyl (C=O) groups excluding carboxylic acids is 4. The van der Waals surface area contributed by atoms with Gasteiger partial charge in [0.05, 0.1) is 29.1 Å². The van der Waals surface area contributed by atoms with Gasteiger partial charge in [0, 0.05) is 12.3 Å². The molecule has 2 N–H and O–H groups in total. The zero-order valence-electron chi connectivity index (χ0n) is 29.0. The third kappa shape index (κ3) is 7.93. The average Bonchev–Trinajstić information content (AvgIpc) is 3.38. The summed E-state index contributed by atoms with van der Waals surface area (Å²) >= 11 is 1.50. The quantitative estimate of drug-likeness (QED) is 0.249. The van der Waals surface area contributed by atoms with Gasteiger partial charge in [-0.1, -0.05) is 43.2 Å². The van der Waals surface area contributed by atoms with Crippen LogP contribution < -0.4 is 15.4 Å². The number of allylic oxidation sites excluding steroid dienone is 1. The molecule has 3 aliphatic rings. The lowest BCUT2D eigenvalue weighted by molar-refractivity contribution is -0.150. The van der Waals surface area contributed by atoms with E-state index in [4.69, 9.17) is 24.2 Å². The monoisotopic (exact) mass is 703 g/mol. The minimum Gasteiger partial charge on any atom is -0.471 e. The molecule has 13 heteroatoms. The van der Waals surface area contributed by atoms with Crippen molar-refractivity contribution in [2.45, 2.75) is 102 Å². The Labute approximate surface area is 296 Å². The molecule has 0 spiro atoms. The Morgan fingerprint density at radius 2 is 1.86 bits per heavy atom. The Kier molecular flexibility index (Phi) is 10.4. The van der Waals surface area contributed by atoms with Gasteiger partial charge in [-0.15, -0.1) is 11.3 Å². The summed E-state index contributed by atoms with van der Waals surface area (Å²) in [6.07, 6.45) is 6.76. The summed E-state index contributed by atoms with van der Waals surface area (Å²) in [6.45, 7) is 7.22. The maximum absolute atomic E-state index is 14.4. The first kappa shape index (κ1) is 35.3. The highest BCUT2D eigenvalue weighted by atomic mass is 32.1. The van der Waals surface area contributed by atoms with E-state index in [9.17, 15) is 19.2 Å². The van der Waals surface area contributed by atoms with E-state index in [0.29, 0.717) is 41.9 Å². The van der Waals surface area contributed by atoms with Crippen LogP contribution in [0.1, 0.15) is 72.6 Å². The van der Waals surface area contributed by atoms with E-state index < -0.39 is 53.2 Å². The molecule has 5 atom stereocenters. The summed E-state index contributed by atoms with van der Waals surface area (Å²) in [5.74, 6) is -1.31. The largest absolute Gasteiger partial charge is 0.471 e. The number of esters is 1. The molecule has 3 amide bonds. The Bertz CT molecular complexity index is 1760. The summed E-state index contributed by atoms with van der Waals surface area (Å²) in [5.41, 5.74) is -0.0443. The summed E-state index contributed by atoms with van der Waals surface area (Å²) in [7, 11) is 0. The first-order valence-electron chi connectivity index (χ1n) is 17.4. The molecule has 1 saturated carbocycles. The number of thiophene rings is 1. The number of rotatable bonds is 6. The van der Waals surface area contributed by atoms with Crippen LogP contribution in [0.2, 0.25) is 0 Å². The topological polar surface area (TPSA) is 149 Å². The van der Waals surface area contributed by atoms with Crippen LogP contribution in [0, 0.1) is 5.92 Å². The molecule has 3 aromatic rings. The van der Waals surface area contributed by atoms with Gasteiger partial charge in [0.1, 0.15) is 35.0 Å². The highest BCUT2D eigenvalue weighted by Crippen LogP contribution is 2.46. The van der Waals surface area contributed by atoms with E-state index in [1.165, 1.54) is 16.2 Å².